The first-order valence-electron chi connectivity index (χ1n) is 10.4. The summed E-state index contributed by atoms with van der Waals surface area (Å²) in [5.74, 6) is -0.158. The zero-order valence-electron chi connectivity index (χ0n) is 17.7. The number of nitrogens with one attached hydrogen (secondary N) is 1. The average molecular weight is 491 g/mol. The third kappa shape index (κ3) is 5.88. The number of hydrogen-bond donors (Lipinski definition) is 1. The number of ether oxygens (including phenoxy) is 1. The lowest BCUT2D eigenvalue weighted by molar-refractivity contribution is -0.138. The number of unbranched alkanes of at least 4 members (excludes halogenated alkanes) is 2. The quantitative estimate of drug-likeness (QED) is 0.244. The Labute approximate surface area is 197 Å². The van der Waals surface area contributed by atoms with Crippen molar-refractivity contribution >= 4 is 33.5 Å². The van der Waals surface area contributed by atoms with Gasteiger partial charge in [0.25, 0.3) is 0 Å². The molecule has 172 valence electrons. The maximum atomic E-state index is 13.6. The maximum absolute atomic E-state index is 13.6. The summed E-state index contributed by atoms with van der Waals surface area (Å²) in [5, 5.41) is 7.98. The minimum Gasteiger partial charge on any atom is -0.493 e. The van der Waals surface area contributed by atoms with E-state index in [0.717, 1.165) is 35.9 Å². The van der Waals surface area contributed by atoms with Crippen molar-refractivity contribution in [1.29, 1.82) is 0 Å². The van der Waals surface area contributed by atoms with Gasteiger partial charge >= 0.3 is 6.18 Å². The molecule has 0 unspecified atom stereocenters. The second-order valence-electron chi connectivity index (χ2n) is 7.21. The summed E-state index contributed by atoms with van der Waals surface area (Å²) in [6, 6.07) is 7.75. The number of halogens is 3. The first-order chi connectivity index (χ1) is 15.9. The molecule has 0 aliphatic heterocycles. The summed E-state index contributed by atoms with van der Waals surface area (Å²) in [4.78, 5) is 13.2. The predicted molar refractivity (Wildman–Crippen MR) is 126 cm³/mol. The Bertz CT molecular complexity index is 1190. The van der Waals surface area contributed by atoms with Gasteiger partial charge < -0.3 is 10.1 Å². The van der Waals surface area contributed by atoms with E-state index in [1.165, 1.54) is 28.7 Å². The van der Waals surface area contributed by atoms with Gasteiger partial charge in [0.2, 0.25) is 0 Å². The molecule has 33 heavy (non-hydrogen) atoms. The van der Waals surface area contributed by atoms with Gasteiger partial charge in [-0.2, -0.15) is 13.2 Å². The highest BCUT2D eigenvalue weighted by Gasteiger charge is 2.34. The monoisotopic (exact) mass is 490 g/mol. The summed E-state index contributed by atoms with van der Waals surface area (Å²) < 4.78 is 46.1. The SMILES string of the molecule is CCCCCOc1ccc(Nc2nc(-c3csc(-c4cccnc4)n3)cs2)cc1C(F)(F)F. The highest BCUT2D eigenvalue weighted by molar-refractivity contribution is 7.14. The number of aromatic nitrogens is 3. The number of benzene rings is 1. The third-order valence-electron chi connectivity index (χ3n) is 4.72. The van der Waals surface area contributed by atoms with Crippen LogP contribution >= 0.6 is 22.7 Å². The van der Waals surface area contributed by atoms with Crippen LogP contribution < -0.4 is 10.1 Å². The van der Waals surface area contributed by atoms with Crippen LogP contribution in [0.4, 0.5) is 24.0 Å². The van der Waals surface area contributed by atoms with Gasteiger partial charge in [0.15, 0.2) is 5.13 Å². The van der Waals surface area contributed by atoms with Crippen molar-refractivity contribution in [2.75, 3.05) is 11.9 Å². The Morgan fingerprint density at radius 2 is 1.85 bits per heavy atom. The molecule has 0 aliphatic carbocycles. The molecule has 0 saturated heterocycles. The van der Waals surface area contributed by atoms with Crippen LogP contribution in [0.3, 0.4) is 0 Å². The summed E-state index contributed by atoms with van der Waals surface area (Å²) in [5.41, 5.74) is 1.76. The minimum atomic E-state index is -4.52. The summed E-state index contributed by atoms with van der Waals surface area (Å²) >= 11 is 2.78. The molecule has 3 heterocycles. The van der Waals surface area contributed by atoms with Gasteiger partial charge in [-0.3, -0.25) is 4.98 Å². The number of alkyl halides is 3. The van der Waals surface area contributed by atoms with Crippen LogP contribution in [-0.2, 0) is 6.18 Å². The van der Waals surface area contributed by atoms with Crippen molar-refractivity contribution in [2.24, 2.45) is 0 Å². The minimum absolute atomic E-state index is 0.158. The zero-order valence-corrected chi connectivity index (χ0v) is 19.4. The Balaban J connectivity index is 1.49. The number of pyridine rings is 1. The topological polar surface area (TPSA) is 59.9 Å². The molecular weight excluding hydrogens is 469 g/mol. The molecule has 0 saturated carbocycles. The highest BCUT2D eigenvalue weighted by atomic mass is 32.1. The van der Waals surface area contributed by atoms with Gasteiger partial charge in [0.05, 0.1) is 12.2 Å². The molecule has 0 radical (unpaired) electrons. The normalized spacial score (nSPS) is 11.5. The molecule has 0 bridgehead atoms. The molecule has 0 atom stereocenters. The van der Waals surface area contributed by atoms with E-state index in [0.29, 0.717) is 22.2 Å². The molecule has 1 N–H and O–H groups in total. The van der Waals surface area contributed by atoms with Gasteiger partial charge in [-0.1, -0.05) is 19.8 Å². The van der Waals surface area contributed by atoms with Gasteiger partial charge in [-0.25, -0.2) is 9.97 Å². The van der Waals surface area contributed by atoms with Gasteiger partial charge in [-0.05, 0) is 36.8 Å². The van der Waals surface area contributed by atoms with Crippen molar-refractivity contribution in [3.63, 3.8) is 0 Å². The van der Waals surface area contributed by atoms with E-state index in [1.807, 2.05) is 29.8 Å². The van der Waals surface area contributed by atoms with E-state index in [9.17, 15) is 13.2 Å². The molecule has 0 amide bonds. The Hall–Kier alpha value is -2.98. The number of nitrogens with zero attached hydrogens (tertiary/aromatic N) is 3. The number of anilines is 2. The standard InChI is InChI=1S/C23H21F3N4OS2/c1-2-3-4-10-31-20-8-7-16(11-17(20)23(24,25)26)28-22-30-19(14-33-22)18-13-32-21(29-18)15-6-5-9-27-12-15/h5-9,11-14H,2-4,10H2,1H3,(H,28,30). The fraction of sp³-hybridized carbons (Fsp3) is 0.261. The highest BCUT2D eigenvalue weighted by Crippen LogP contribution is 2.39. The Morgan fingerprint density at radius 1 is 1.03 bits per heavy atom. The molecule has 4 rings (SSSR count). The van der Waals surface area contributed by atoms with Crippen LogP contribution in [0, 0.1) is 0 Å². The van der Waals surface area contributed by atoms with E-state index in [1.54, 1.807) is 18.5 Å². The molecule has 3 aromatic heterocycles. The fourth-order valence-corrected chi connectivity index (χ4v) is 4.60. The van der Waals surface area contributed by atoms with E-state index in [2.05, 4.69) is 20.3 Å². The predicted octanol–water partition coefficient (Wildman–Crippen LogP) is 7.66. The van der Waals surface area contributed by atoms with Crippen molar-refractivity contribution in [3.8, 4) is 27.7 Å². The molecule has 1 aromatic carbocycles. The fourth-order valence-electron chi connectivity index (χ4n) is 3.07. The molecule has 0 spiro atoms. The van der Waals surface area contributed by atoms with Crippen molar-refractivity contribution in [3.05, 3.63) is 59.0 Å². The van der Waals surface area contributed by atoms with Crippen LogP contribution in [0.5, 0.6) is 5.75 Å². The van der Waals surface area contributed by atoms with Gasteiger partial charge in [-0.15, -0.1) is 22.7 Å². The Morgan fingerprint density at radius 3 is 2.61 bits per heavy atom. The van der Waals surface area contributed by atoms with Crippen molar-refractivity contribution < 1.29 is 17.9 Å². The second kappa shape index (κ2) is 10.3. The molecular formula is C23H21F3N4OS2. The molecule has 4 aromatic rings. The lowest BCUT2D eigenvalue weighted by atomic mass is 10.1. The van der Waals surface area contributed by atoms with Crippen molar-refractivity contribution in [1.82, 2.24) is 15.0 Å². The summed E-state index contributed by atoms with van der Waals surface area (Å²) in [6.45, 7) is 2.29. The molecule has 0 aliphatic rings. The lowest BCUT2D eigenvalue weighted by Crippen LogP contribution is -2.10. The van der Waals surface area contributed by atoms with Crippen LogP contribution in [0.15, 0.2) is 53.5 Å². The number of thiazole rings is 2. The average Bonchev–Trinajstić information content (AvgIpc) is 3.47. The van der Waals surface area contributed by atoms with E-state index < -0.39 is 11.7 Å². The van der Waals surface area contributed by atoms with Crippen LogP contribution in [0.1, 0.15) is 31.7 Å². The van der Waals surface area contributed by atoms with Crippen LogP contribution in [-0.4, -0.2) is 21.6 Å². The molecule has 0 fully saturated rings. The maximum Gasteiger partial charge on any atom is 0.420 e. The zero-order chi connectivity index (χ0) is 23.3. The smallest absolute Gasteiger partial charge is 0.420 e. The lowest BCUT2D eigenvalue weighted by Gasteiger charge is -2.15. The van der Waals surface area contributed by atoms with Gasteiger partial charge in [0.1, 0.15) is 22.1 Å². The first-order valence-corrected chi connectivity index (χ1v) is 12.1. The van der Waals surface area contributed by atoms with E-state index in [-0.39, 0.29) is 12.4 Å². The summed E-state index contributed by atoms with van der Waals surface area (Å²) in [6.07, 6.45) is 1.53. The van der Waals surface area contributed by atoms with E-state index >= 15 is 0 Å². The van der Waals surface area contributed by atoms with Crippen molar-refractivity contribution in [2.45, 2.75) is 32.4 Å². The summed E-state index contributed by atoms with van der Waals surface area (Å²) in [7, 11) is 0. The third-order valence-corrected chi connectivity index (χ3v) is 6.37. The number of hydrogen-bond acceptors (Lipinski definition) is 7. The van der Waals surface area contributed by atoms with Crippen LogP contribution in [0.2, 0.25) is 0 Å². The van der Waals surface area contributed by atoms with Gasteiger partial charge in [0, 0.05) is 34.4 Å². The van der Waals surface area contributed by atoms with Crippen LogP contribution in [0.25, 0.3) is 22.0 Å². The van der Waals surface area contributed by atoms with E-state index in [4.69, 9.17) is 4.74 Å². The molecule has 5 nitrogen and oxygen atoms in total. The second-order valence-corrected chi connectivity index (χ2v) is 8.92. The number of rotatable bonds is 9. The Kier molecular flexibility index (Phi) is 7.24. The first kappa shape index (κ1) is 23.2. The largest absolute Gasteiger partial charge is 0.493 e. The molecule has 10 heteroatoms.